The summed E-state index contributed by atoms with van der Waals surface area (Å²) in [6, 6.07) is 7.70. The van der Waals surface area contributed by atoms with Crippen LogP contribution in [0.3, 0.4) is 0 Å². The predicted molar refractivity (Wildman–Crippen MR) is 77.3 cm³/mol. The van der Waals surface area contributed by atoms with Gasteiger partial charge in [-0.2, -0.15) is 0 Å². The lowest BCUT2D eigenvalue weighted by molar-refractivity contribution is -0.384. The molecule has 0 saturated heterocycles. The van der Waals surface area contributed by atoms with Crippen molar-refractivity contribution < 1.29 is 9.31 Å². The molecule has 0 radical (unpaired) electrons. The molecule has 0 fully saturated rings. The van der Waals surface area contributed by atoms with Gasteiger partial charge in [-0.1, -0.05) is 6.07 Å². The molecule has 7 heteroatoms. The fraction of sp³-hybridized carbons (Fsp3) is 0.0833. The minimum atomic E-state index is -0.539. The summed E-state index contributed by atoms with van der Waals surface area (Å²) in [6.45, 7) is 0.293. The van der Waals surface area contributed by atoms with Crippen molar-refractivity contribution in [3.63, 3.8) is 0 Å². The van der Waals surface area contributed by atoms with Crippen molar-refractivity contribution in [1.29, 1.82) is 0 Å². The largest absolute Gasteiger partial charge is 0.374 e. The summed E-state index contributed by atoms with van der Waals surface area (Å²) in [6.07, 6.45) is 1.62. The second-order valence-corrected chi connectivity index (χ2v) is 4.88. The van der Waals surface area contributed by atoms with E-state index >= 15 is 0 Å². The highest BCUT2D eigenvalue weighted by Gasteiger charge is 2.17. The molecule has 1 aromatic heterocycles. The van der Waals surface area contributed by atoms with E-state index < -0.39 is 10.7 Å². The number of pyridine rings is 1. The van der Waals surface area contributed by atoms with Crippen molar-refractivity contribution in [3.05, 3.63) is 61.7 Å². The number of hydrogen-bond donors (Lipinski definition) is 1. The third kappa shape index (κ3) is 3.37. The molecule has 19 heavy (non-hydrogen) atoms. The van der Waals surface area contributed by atoms with Crippen molar-refractivity contribution in [1.82, 2.24) is 4.98 Å². The predicted octanol–water partition coefficient (Wildman–Crippen LogP) is 3.35. The summed E-state index contributed by atoms with van der Waals surface area (Å²) in [4.78, 5) is 14.5. The molecule has 1 aromatic carbocycles. The lowest BCUT2D eigenvalue weighted by Gasteiger charge is -2.07. The molecule has 98 valence electrons. The molecule has 0 spiro atoms. The molecule has 0 unspecified atom stereocenters. The fourth-order valence-electron chi connectivity index (χ4n) is 1.52. The maximum atomic E-state index is 13.5. The first kappa shape index (κ1) is 13.7. The van der Waals surface area contributed by atoms with Crippen LogP contribution >= 0.6 is 22.6 Å². The normalized spacial score (nSPS) is 10.2. The maximum absolute atomic E-state index is 13.5. The minimum Gasteiger partial charge on any atom is -0.374 e. The van der Waals surface area contributed by atoms with Crippen LogP contribution in [-0.2, 0) is 6.54 Å². The van der Waals surface area contributed by atoms with Gasteiger partial charge in [-0.25, -0.2) is 4.39 Å². The number of aromatic nitrogens is 1. The van der Waals surface area contributed by atoms with Gasteiger partial charge < -0.3 is 5.32 Å². The monoisotopic (exact) mass is 373 g/mol. The summed E-state index contributed by atoms with van der Waals surface area (Å²) in [5.41, 5.74) is 0.714. The van der Waals surface area contributed by atoms with E-state index in [9.17, 15) is 14.5 Å². The molecular weight excluding hydrogens is 364 g/mol. The molecule has 1 heterocycles. The van der Waals surface area contributed by atoms with Gasteiger partial charge in [-0.15, -0.1) is 0 Å². The molecule has 0 saturated carbocycles. The first-order chi connectivity index (χ1) is 9.08. The Kier molecular flexibility index (Phi) is 4.25. The van der Waals surface area contributed by atoms with E-state index in [0.29, 0.717) is 6.54 Å². The number of halogens is 2. The zero-order valence-corrected chi connectivity index (χ0v) is 11.8. The van der Waals surface area contributed by atoms with Gasteiger partial charge in [0.15, 0.2) is 0 Å². The van der Waals surface area contributed by atoms with Gasteiger partial charge in [0.05, 0.1) is 20.7 Å². The molecule has 0 atom stereocenters. The standard InChI is InChI=1S/C12H9FIN3O2/c13-9-5-11(12(17(18)19)6-10(9)14)16-7-8-3-1-2-4-15-8/h1-6,16H,7H2. The molecule has 0 amide bonds. The Bertz CT molecular complexity index is 607. The Balaban J connectivity index is 2.24. The zero-order chi connectivity index (χ0) is 13.8. The second kappa shape index (κ2) is 5.91. The van der Waals surface area contributed by atoms with Crippen LogP contribution in [0.25, 0.3) is 0 Å². The SMILES string of the molecule is O=[N+]([O-])c1cc(I)c(F)cc1NCc1ccccn1. The Morgan fingerprint density at radius 1 is 1.42 bits per heavy atom. The molecule has 0 aliphatic carbocycles. The summed E-state index contributed by atoms with van der Waals surface area (Å²) >= 11 is 1.72. The van der Waals surface area contributed by atoms with E-state index in [0.717, 1.165) is 11.8 Å². The average molecular weight is 373 g/mol. The van der Waals surface area contributed by atoms with Crippen LogP contribution in [0, 0.1) is 19.5 Å². The van der Waals surface area contributed by atoms with Gasteiger partial charge in [-0.3, -0.25) is 15.1 Å². The van der Waals surface area contributed by atoms with Crippen molar-refractivity contribution in [2.45, 2.75) is 6.54 Å². The van der Waals surface area contributed by atoms with Gasteiger partial charge in [0, 0.05) is 18.3 Å². The Morgan fingerprint density at radius 3 is 2.84 bits per heavy atom. The highest BCUT2D eigenvalue weighted by atomic mass is 127. The van der Waals surface area contributed by atoms with Gasteiger partial charge in [0.25, 0.3) is 5.69 Å². The van der Waals surface area contributed by atoms with Crippen LogP contribution in [-0.4, -0.2) is 9.91 Å². The van der Waals surface area contributed by atoms with E-state index in [1.807, 2.05) is 6.07 Å². The number of anilines is 1. The molecule has 0 aliphatic heterocycles. The topological polar surface area (TPSA) is 68.1 Å². The lowest BCUT2D eigenvalue weighted by Crippen LogP contribution is -2.05. The van der Waals surface area contributed by atoms with Crippen molar-refractivity contribution in [3.8, 4) is 0 Å². The van der Waals surface area contributed by atoms with Crippen molar-refractivity contribution >= 4 is 34.0 Å². The smallest absolute Gasteiger partial charge is 0.293 e. The summed E-state index contributed by atoms with van der Waals surface area (Å²) in [7, 11) is 0. The van der Waals surface area contributed by atoms with Crippen LogP contribution in [0.15, 0.2) is 36.5 Å². The zero-order valence-electron chi connectivity index (χ0n) is 9.64. The van der Waals surface area contributed by atoms with Crippen LogP contribution in [0.5, 0.6) is 0 Å². The molecule has 2 rings (SSSR count). The summed E-state index contributed by atoms with van der Waals surface area (Å²) < 4.78 is 13.7. The second-order valence-electron chi connectivity index (χ2n) is 3.72. The minimum absolute atomic E-state index is 0.147. The Morgan fingerprint density at radius 2 is 2.21 bits per heavy atom. The van der Waals surface area contributed by atoms with Crippen LogP contribution < -0.4 is 5.32 Å². The van der Waals surface area contributed by atoms with E-state index in [2.05, 4.69) is 10.3 Å². The van der Waals surface area contributed by atoms with Gasteiger partial charge in [0.1, 0.15) is 11.5 Å². The number of nitrogens with one attached hydrogen (secondary N) is 1. The third-order valence-electron chi connectivity index (χ3n) is 2.42. The number of nitro benzene ring substituents is 1. The van der Waals surface area contributed by atoms with E-state index in [1.54, 1.807) is 40.9 Å². The third-order valence-corrected chi connectivity index (χ3v) is 3.25. The van der Waals surface area contributed by atoms with Crippen LogP contribution in [0.2, 0.25) is 0 Å². The first-order valence-electron chi connectivity index (χ1n) is 5.35. The first-order valence-corrected chi connectivity index (χ1v) is 6.43. The molecule has 5 nitrogen and oxygen atoms in total. The fourth-order valence-corrected chi connectivity index (χ4v) is 1.97. The highest BCUT2D eigenvalue weighted by Crippen LogP contribution is 2.28. The average Bonchev–Trinajstić information content (AvgIpc) is 2.40. The maximum Gasteiger partial charge on any atom is 0.293 e. The van der Waals surface area contributed by atoms with Gasteiger partial charge in [0.2, 0.25) is 0 Å². The van der Waals surface area contributed by atoms with E-state index in [-0.39, 0.29) is 14.9 Å². The van der Waals surface area contributed by atoms with E-state index in [4.69, 9.17) is 0 Å². The number of benzene rings is 1. The van der Waals surface area contributed by atoms with Gasteiger partial charge >= 0.3 is 0 Å². The number of nitrogens with zero attached hydrogens (tertiary/aromatic N) is 2. The lowest BCUT2D eigenvalue weighted by atomic mass is 10.2. The van der Waals surface area contributed by atoms with Crippen LogP contribution in [0.1, 0.15) is 5.69 Å². The quantitative estimate of drug-likeness (QED) is 0.507. The number of rotatable bonds is 4. The number of nitro groups is 1. The Hall–Kier alpha value is -1.77. The summed E-state index contributed by atoms with van der Waals surface area (Å²) in [5, 5.41) is 13.8. The Labute approximate surface area is 122 Å². The van der Waals surface area contributed by atoms with Crippen molar-refractivity contribution in [2.75, 3.05) is 5.32 Å². The molecule has 0 aliphatic rings. The molecule has 2 aromatic rings. The molecule has 1 N–H and O–H groups in total. The number of hydrogen-bond acceptors (Lipinski definition) is 4. The van der Waals surface area contributed by atoms with E-state index in [1.165, 1.54) is 6.07 Å². The van der Waals surface area contributed by atoms with Crippen LogP contribution in [0.4, 0.5) is 15.8 Å². The van der Waals surface area contributed by atoms with Crippen molar-refractivity contribution in [2.24, 2.45) is 0 Å². The molecular formula is C12H9FIN3O2. The van der Waals surface area contributed by atoms with Gasteiger partial charge in [-0.05, 0) is 34.7 Å². The highest BCUT2D eigenvalue weighted by molar-refractivity contribution is 14.1. The summed E-state index contributed by atoms with van der Waals surface area (Å²) in [5.74, 6) is -0.491. The molecule has 0 bridgehead atoms.